The molecule has 1 amide bonds. The van der Waals surface area contributed by atoms with Crippen LogP contribution in [0.3, 0.4) is 0 Å². The van der Waals surface area contributed by atoms with Crippen molar-refractivity contribution in [2.45, 2.75) is 69.1 Å². The highest BCUT2D eigenvalue weighted by molar-refractivity contribution is 5.85. The van der Waals surface area contributed by atoms with Crippen LogP contribution >= 0.6 is 0 Å². The van der Waals surface area contributed by atoms with Gasteiger partial charge in [0, 0.05) is 38.3 Å². The summed E-state index contributed by atoms with van der Waals surface area (Å²) in [7, 11) is 5.83. The molecule has 2 unspecified atom stereocenters. The van der Waals surface area contributed by atoms with Gasteiger partial charge < -0.3 is 20.4 Å². The van der Waals surface area contributed by atoms with Crippen molar-refractivity contribution >= 4 is 11.9 Å². The molecule has 2 aliphatic heterocycles. The number of fused-ring (bicyclic) bond motifs is 2. The van der Waals surface area contributed by atoms with Crippen molar-refractivity contribution in [2.75, 3.05) is 27.7 Å². The average Bonchev–Trinajstić information content (AvgIpc) is 3.29. The lowest BCUT2D eigenvalue weighted by molar-refractivity contribution is -0.127. The number of rotatable bonds is 4. The molecule has 2 bridgehead atoms. The minimum atomic E-state index is 0.0437. The Hall–Kier alpha value is -1.30. The highest BCUT2D eigenvalue weighted by Crippen LogP contribution is 2.32. The number of amides is 1. The van der Waals surface area contributed by atoms with Gasteiger partial charge in [-0.25, -0.2) is 4.99 Å². The van der Waals surface area contributed by atoms with Gasteiger partial charge >= 0.3 is 0 Å². The van der Waals surface area contributed by atoms with Crippen LogP contribution in [0.4, 0.5) is 0 Å². The smallest absolute Gasteiger partial charge is 0.243 e. The zero-order valence-electron chi connectivity index (χ0n) is 14.7. The molecule has 2 saturated heterocycles. The van der Waals surface area contributed by atoms with E-state index in [1.165, 1.54) is 44.9 Å². The predicted octanol–water partition coefficient (Wildman–Crippen LogP) is 0.788. The number of guanidine groups is 1. The normalized spacial score (nSPS) is 31.6. The maximum Gasteiger partial charge on any atom is 0.243 e. The van der Waals surface area contributed by atoms with Crippen molar-refractivity contribution in [3.63, 3.8) is 0 Å². The second kappa shape index (κ2) is 7.07. The Kier molecular flexibility index (Phi) is 5.09. The summed E-state index contributed by atoms with van der Waals surface area (Å²) in [6.45, 7) is 0.217. The number of nitrogens with one attached hydrogen (secondary N) is 2. The molecular formula is C17H31N5O. The van der Waals surface area contributed by atoms with E-state index < -0.39 is 0 Å². The summed E-state index contributed by atoms with van der Waals surface area (Å²) in [6, 6.07) is 2.42. The van der Waals surface area contributed by atoms with Crippen LogP contribution in [0.2, 0.25) is 0 Å². The summed E-state index contributed by atoms with van der Waals surface area (Å²) in [4.78, 5) is 20.5. The zero-order valence-corrected chi connectivity index (χ0v) is 14.7. The molecule has 23 heavy (non-hydrogen) atoms. The first-order chi connectivity index (χ1) is 11.0. The van der Waals surface area contributed by atoms with Gasteiger partial charge in [0.2, 0.25) is 5.91 Å². The summed E-state index contributed by atoms with van der Waals surface area (Å²) in [5.41, 5.74) is 0. The van der Waals surface area contributed by atoms with Crippen molar-refractivity contribution in [3.05, 3.63) is 0 Å². The van der Waals surface area contributed by atoms with E-state index in [-0.39, 0.29) is 12.5 Å². The molecular weight excluding hydrogens is 290 g/mol. The van der Waals surface area contributed by atoms with Gasteiger partial charge in [-0.15, -0.1) is 0 Å². The first kappa shape index (κ1) is 16.6. The van der Waals surface area contributed by atoms with Gasteiger partial charge in [-0.1, -0.05) is 6.42 Å². The molecule has 1 saturated carbocycles. The monoisotopic (exact) mass is 321 g/mol. The number of nitrogens with zero attached hydrogens (tertiary/aromatic N) is 3. The third-order valence-electron chi connectivity index (χ3n) is 5.47. The zero-order chi connectivity index (χ0) is 16.4. The number of likely N-dealkylation sites (N-methyl/N-ethyl adjacent to an activating group) is 1. The molecule has 0 radical (unpaired) electrons. The van der Waals surface area contributed by atoms with Crippen LogP contribution < -0.4 is 10.6 Å². The van der Waals surface area contributed by atoms with E-state index in [0.717, 1.165) is 5.96 Å². The molecule has 2 N–H and O–H groups in total. The first-order valence-electron chi connectivity index (χ1n) is 9.02. The Labute approximate surface area is 139 Å². The number of hydrogen-bond acceptors (Lipinski definition) is 3. The highest BCUT2D eigenvalue weighted by Gasteiger charge is 2.36. The number of carbonyl (C=O) groups is 1. The van der Waals surface area contributed by atoms with Gasteiger partial charge in [-0.2, -0.15) is 0 Å². The molecule has 0 aromatic heterocycles. The van der Waals surface area contributed by atoms with Crippen molar-refractivity contribution < 1.29 is 4.79 Å². The largest absolute Gasteiger partial charge is 0.354 e. The van der Waals surface area contributed by atoms with Crippen molar-refractivity contribution in [1.82, 2.24) is 20.4 Å². The van der Waals surface area contributed by atoms with E-state index in [1.807, 2.05) is 0 Å². The molecule has 0 aromatic rings. The van der Waals surface area contributed by atoms with Gasteiger partial charge in [0.05, 0.1) is 0 Å². The van der Waals surface area contributed by atoms with E-state index in [9.17, 15) is 4.79 Å². The SMILES string of the molecule is CN(C)C(=O)CN=C(NC1CC1)NC1CC2CCCC(C1)N2C. The molecule has 6 heteroatoms. The maximum absolute atomic E-state index is 11.8. The predicted molar refractivity (Wildman–Crippen MR) is 92.5 cm³/mol. The molecule has 0 spiro atoms. The first-order valence-corrected chi connectivity index (χ1v) is 9.02. The lowest BCUT2D eigenvalue weighted by atomic mass is 9.82. The van der Waals surface area contributed by atoms with Gasteiger partial charge in [-0.3, -0.25) is 4.79 Å². The molecule has 130 valence electrons. The maximum atomic E-state index is 11.8. The van der Waals surface area contributed by atoms with Crippen LogP contribution in [0.25, 0.3) is 0 Å². The summed E-state index contributed by atoms with van der Waals surface area (Å²) in [6.07, 6.45) is 8.77. The Morgan fingerprint density at radius 3 is 2.26 bits per heavy atom. The molecule has 1 aliphatic carbocycles. The minimum absolute atomic E-state index is 0.0437. The topological polar surface area (TPSA) is 60.0 Å². The molecule has 6 nitrogen and oxygen atoms in total. The van der Waals surface area contributed by atoms with E-state index in [0.29, 0.717) is 24.2 Å². The van der Waals surface area contributed by atoms with Crippen LogP contribution in [0.1, 0.15) is 44.9 Å². The third kappa shape index (κ3) is 4.37. The summed E-state index contributed by atoms with van der Waals surface area (Å²) < 4.78 is 0. The number of piperidine rings is 2. The molecule has 3 aliphatic rings. The Morgan fingerprint density at radius 2 is 1.70 bits per heavy atom. The van der Waals surface area contributed by atoms with Crippen LogP contribution in [0.15, 0.2) is 4.99 Å². The van der Waals surface area contributed by atoms with Crippen molar-refractivity contribution in [1.29, 1.82) is 0 Å². The van der Waals surface area contributed by atoms with Crippen molar-refractivity contribution in [3.8, 4) is 0 Å². The summed E-state index contributed by atoms with van der Waals surface area (Å²) in [5.74, 6) is 0.873. The van der Waals surface area contributed by atoms with Crippen LogP contribution in [-0.4, -0.2) is 73.5 Å². The standard InChI is InChI=1S/C17H31N5O/c1-21(2)16(23)11-18-17(19-12-7-8-12)20-13-9-14-5-4-6-15(10-13)22(14)3/h12-15H,4-11H2,1-3H3,(H2,18,19,20). The molecule has 0 aromatic carbocycles. The number of aliphatic imine (C=N–C) groups is 1. The third-order valence-corrected chi connectivity index (χ3v) is 5.47. The lowest BCUT2D eigenvalue weighted by Crippen LogP contribution is -2.57. The van der Waals surface area contributed by atoms with Crippen LogP contribution in [0, 0.1) is 0 Å². The van der Waals surface area contributed by atoms with E-state index in [2.05, 4.69) is 27.6 Å². The van der Waals surface area contributed by atoms with Crippen molar-refractivity contribution in [2.24, 2.45) is 4.99 Å². The Bertz CT molecular complexity index is 446. The quantitative estimate of drug-likeness (QED) is 0.594. The second-order valence-electron chi connectivity index (χ2n) is 7.59. The van der Waals surface area contributed by atoms with Gasteiger partial charge in [0.15, 0.2) is 5.96 Å². The molecule has 3 rings (SSSR count). The average molecular weight is 321 g/mol. The van der Waals surface area contributed by atoms with E-state index in [1.54, 1.807) is 19.0 Å². The van der Waals surface area contributed by atoms with Gasteiger partial charge in [-0.05, 0) is 45.6 Å². The second-order valence-corrected chi connectivity index (χ2v) is 7.59. The fourth-order valence-corrected chi connectivity index (χ4v) is 3.77. The highest BCUT2D eigenvalue weighted by atomic mass is 16.2. The molecule has 3 fully saturated rings. The van der Waals surface area contributed by atoms with Crippen LogP contribution in [0.5, 0.6) is 0 Å². The summed E-state index contributed by atoms with van der Waals surface area (Å²) >= 11 is 0. The Morgan fingerprint density at radius 1 is 1.09 bits per heavy atom. The van der Waals surface area contributed by atoms with E-state index >= 15 is 0 Å². The van der Waals surface area contributed by atoms with Crippen LogP contribution in [-0.2, 0) is 4.79 Å². The fraction of sp³-hybridized carbons (Fsp3) is 0.882. The lowest BCUT2D eigenvalue weighted by Gasteiger charge is -2.47. The molecule has 2 heterocycles. The van der Waals surface area contributed by atoms with Gasteiger partial charge in [0.25, 0.3) is 0 Å². The summed E-state index contributed by atoms with van der Waals surface area (Å²) in [5, 5.41) is 7.08. The fourth-order valence-electron chi connectivity index (χ4n) is 3.77. The number of hydrogen-bond donors (Lipinski definition) is 2. The van der Waals surface area contributed by atoms with E-state index in [4.69, 9.17) is 0 Å². The Balaban J connectivity index is 1.59. The number of carbonyl (C=O) groups excluding carboxylic acids is 1. The minimum Gasteiger partial charge on any atom is -0.354 e. The molecule has 2 atom stereocenters. The van der Waals surface area contributed by atoms with Gasteiger partial charge in [0.1, 0.15) is 6.54 Å².